The van der Waals surface area contributed by atoms with Crippen LogP contribution in [0.3, 0.4) is 0 Å². The van der Waals surface area contributed by atoms with Crippen molar-refractivity contribution in [1.82, 2.24) is 14.3 Å². The highest BCUT2D eigenvalue weighted by molar-refractivity contribution is 7.88. The fourth-order valence-corrected chi connectivity index (χ4v) is 5.49. The Morgan fingerprint density at radius 1 is 1.11 bits per heavy atom. The standard InChI is InChI=1S/C24H26Cl2N6O3S/c1-15(22-19(25)7-8-29-24(22)26)35-17-4-5-20(27)18(13-17)23(28)16-3-6-21(30-14-16)31-9-11-32(12-10-31)36(2,33)34/h3-8,13-15,28H,9-12,27H2,1-2H3. The number of piperazine rings is 1. The molecule has 1 saturated heterocycles. The fourth-order valence-electron chi connectivity index (χ4n) is 4.00. The van der Waals surface area contributed by atoms with Gasteiger partial charge in [0.15, 0.2) is 0 Å². The topological polar surface area (TPSA) is 126 Å². The molecular formula is C24H26Cl2N6O3S. The molecule has 0 amide bonds. The third kappa shape index (κ3) is 5.73. The lowest BCUT2D eigenvalue weighted by Gasteiger charge is -2.34. The molecule has 1 atom stereocenters. The molecule has 190 valence electrons. The predicted octanol–water partition coefficient (Wildman–Crippen LogP) is 4.00. The lowest BCUT2D eigenvalue weighted by atomic mass is 10.0. The molecule has 3 heterocycles. The molecule has 1 aliphatic rings. The second kappa shape index (κ2) is 10.6. The molecule has 1 unspecified atom stereocenters. The monoisotopic (exact) mass is 548 g/mol. The van der Waals surface area contributed by atoms with E-state index in [9.17, 15) is 8.42 Å². The molecule has 4 rings (SSSR count). The van der Waals surface area contributed by atoms with Gasteiger partial charge >= 0.3 is 0 Å². The van der Waals surface area contributed by atoms with Gasteiger partial charge in [-0.1, -0.05) is 23.2 Å². The van der Waals surface area contributed by atoms with Crippen LogP contribution in [-0.4, -0.2) is 60.8 Å². The summed E-state index contributed by atoms with van der Waals surface area (Å²) in [7, 11) is -3.20. The van der Waals surface area contributed by atoms with Gasteiger partial charge in [-0.05, 0) is 43.3 Å². The molecule has 3 aromatic rings. The van der Waals surface area contributed by atoms with E-state index in [-0.39, 0.29) is 10.9 Å². The van der Waals surface area contributed by atoms with Crippen LogP contribution in [0.1, 0.15) is 29.7 Å². The Morgan fingerprint density at radius 2 is 1.83 bits per heavy atom. The highest BCUT2D eigenvalue weighted by Gasteiger charge is 2.24. The maximum atomic E-state index is 11.7. The van der Waals surface area contributed by atoms with Gasteiger partial charge < -0.3 is 15.4 Å². The number of nitrogens with one attached hydrogen (secondary N) is 1. The number of benzene rings is 1. The third-order valence-corrected chi connectivity index (χ3v) is 7.90. The summed E-state index contributed by atoms with van der Waals surface area (Å²) in [6.45, 7) is 3.73. The van der Waals surface area contributed by atoms with Crippen LogP contribution < -0.4 is 15.4 Å². The van der Waals surface area contributed by atoms with E-state index in [0.717, 1.165) is 5.82 Å². The molecule has 0 bridgehead atoms. The van der Waals surface area contributed by atoms with Gasteiger partial charge in [-0.25, -0.2) is 18.4 Å². The average molecular weight is 549 g/mol. The highest BCUT2D eigenvalue weighted by Crippen LogP contribution is 2.33. The van der Waals surface area contributed by atoms with E-state index < -0.39 is 16.1 Å². The van der Waals surface area contributed by atoms with Crippen LogP contribution in [0.5, 0.6) is 5.75 Å². The Kier molecular flexibility index (Phi) is 7.70. The van der Waals surface area contributed by atoms with Crippen LogP contribution in [0, 0.1) is 5.41 Å². The normalized spacial score (nSPS) is 15.5. The van der Waals surface area contributed by atoms with Gasteiger partial charge in [-0.15, -0.1) is 0 Å². The molecule has 36 heavy (non-hydrogen) atoms. The quantitative estimate of drug-likeness (QED) is 0.259. The summed E-state index contributed by atoms with van der Waals surface area (Å²) < 4.78 is 31.0. The smallest absolute Gasteiger partial charge is 0.211 e. The van der Waals surface area contributed by atoms with Crippen molar-refractivity contribution in [2.24, 2.45) is 0 Å². The van der Waals surface area contributed by atoms with Crippen molar-refractivity contribution in [2.75, 3.05) is 43.1 Å². The number of hydrogen-bond donors (Lipinski definition) is 2. The van der Waals surface area contributed by atoms with Crippen molar-refractivity contribution in [3.63, 3.8) is 0 Å². The molecule has 0 radical (unpaired) electrons. The van der Waals surface area contributed by atoms with Crippen LogP contribution in [0.25, 0.3) is 0 Å². The molecule has 1 aromatic carbocycles. The van der Waals surface area contributed by atoms with E-state index in [1.54, 1.807) is 36.5 Å². The number of hydrogen-bond acceptors (Lipinski definition) is 8. The summed E-state index contributed by atoms with van der Waals surface area (Å²) >= 11 is 12.5. The number of pyridine rings is 2. The molecule has 9 nitrogen and oxygen atoms in total. The summed E-state index contributed by atoms with van der Waals surface area (Å²) in [5.41, 5.74) is 8.47. The van der Waals surface area contributed by atoms with Crippen molar-refractivity contribution < 1.29 is 13.2 Å². The van der Waals surface area contributed by atoms with Gasteiger partial charge in [-0.3, -0.25) is 5.41 Å². The molecule has 2 aromatic heterocycles. The number of rotatable bonds is 7. The Morgan fingerprint density at radius 3 is 2.44 bits per heavy atom. The minimum absolute atomic E-state index is 0.198. The molecule has 12 heteroatoms. The zero-order valence-electron chi connectivity index (χ0n) is 19.8. The van der Waals surface area contributed by atoms with Gasteiger partial charge in [-0.2, -0.15) is 4.31 Å². The van der Waals surface area contributed by atoms with Crippen LogP contribution in [0.4, 0.5) is 11.5 Å². The van der Waals surface area contributed by atoms with Crippen LogP contribution in [-0.2, 0) is 10.0 Å². The van der Waals surface area contributed by atoms with E-state index in [2.05, 4.69) is 9.97 Å². The number of anilines is 2. The first-order valence-electron chi connectivity index (χ1n) is 11.2. The zero-order chi connectivity index (χ0) is 26.0. The van der Waals surface area contributed by atoms with E-state index >= 15 is 0 Å². The summed E-state index contributed by atoms with van der Waals surface area (Å²) in [5, 5.41) is 9.44. The Hall–Kier alpha value is -2.92. The average Bonchev–Trinajstić information content (AvgIpc) is 2.84. The Labute approximate surface area is 220 Å². The van der Waals surface area contributed by atoms with E-state index in [1.807, 2.05) is 17.9 Å². The van der Waals surface area contributed by atoms with Crippen molar-refractivity contribution in [3.8, 4) is 5.75 Å². The van der Waals surface area contributed by atoms with Crippen molar-refractivity contribution in [3.05, 3.63) is 75.7 Å². The zero-order valence-corrected chi connectivity index (χ0v) is 22.1. The number of nitrogens with two attached hydrogens (primary N) is 1. The second-order valence-corrected chi connectivity index (χ2v) is 11.2. The van der Waals surface area contributed by atoms with Gasteiger partial charge in [0.05, 0.1) is 17.0 Å². The molecular weight excluding hydrogens is 523 g/mol. The summed E-state index contributed by atoms with van der Waals surface area (Å²) in [6, 6.07) is 10.4. The SMILES string of the molecule is CC(Oc1ccc(N)c(C(=N)c2ccc(N3CCN(S(C)(=O)=O)CC3)nc2)c1)c1c(Cl)ccnc1Cl. The molecule has 0 spiro atoms. The Balaban J connectivity index is 1.48. The highest BCUT2D eigenvalue weighted by atomic mass is 35.5. The van der Waals surface area contributed by atoms with Gasteiger partial charge in [0, 0.05) is 61.0 Å². The lowest BCUT2D eigenvalue weighted by molar-refractivity contribution is 0.226. The molecule has 0 aliphatic carbocycles. The van der Waals surface area contributed by atoms with Crippen LogP contribution >= 0.6 is 23.2 Å². The number of nitrogen functional groups attached to an aromatic ring is 1. The largest absolute Gasteiger partial charge is 0.486 e. The van der Waals surface area contributed by atoms with E-state index in [0.29, 0.717) is 59.3 Å². The fraction of sp³-hybridized carbons (Fsp3) is 0.292. The number of aromatic nitrogens is 2. The van der Waals surface area contributed by atoms with Gasteiger partial charge in [0.1, 0.15) is 22.8 Å². The minimum Gasteiger partial charge on any atom is -0.486 e. The van der Waals surface area contributed by atoms with E-state index in [4.69, 9.17) is 39.1 Å². The molecule has 1 aliphatic heterocycles. The maximum absolute atomic E-state index is 11.7. The molecule has 1 fully saturated rings. The van der Waals surface area contributed by atoms with Crippen LogP contribution in [0.2, 0.25) is 10.2 Å². The summed E-state index contributed by atoms with van der Waals surface area (Å²) in [6.07, 6.45) is 3.88. The first-order valence-corrected chi connectivity index (χ1v) is 13.8. The summed E-state index contributed by atoms with van der Waals surface area (Å²) in [4.78, 5) is 10.6. The first-order chi connectivity index (χ1) is 17.0. The number of nitrogens with zero attached hydrogens (tertiary/aromatic N) is 4. The van der Waals surface area contributed by atoms with Crippen LogP contribution in [0.15, 0.2) is 48.8 Å². The third-order valence-electron chi connectivity index (χ3n) is 5.97. The first kappa shape index (κ1) is 26.2. The lowest BCUT2D eigenvalue weighted by Crippen LogP contribution is -2.48. The van der Waals surface area contributed by atoms with Gasteiger partial charge in [0.25, 0.3) is 0 Å². The van der Waals surface area contributed by atoms with Crippen molar-refractivity contribution in [1.29, 1.82) is 5.41 Å². The van der Waals surface area contributed by atoms with Gasteiger partial charge in [0.2, 0.25) is 10.0 Å². The number of ether oxygens (including phenoxy) is 1. The maximum Gasteiger partial charge on any atom is 0.211 e. The second-order valence-electron chi connectivity index (χ2n) is 8.44. The summed E-state index contributed by atoms with van der Waals surface area (Å²) in [5.74, 6) is 1.23. The van der Waals surface area contributed by atoms with Crippen molar-refractivity contribution in [2.45, 2.75) is 13.0 Å². The van der Waals surface area contributed by atoms with E-state index in [1.165, 1.54) is 16.8 Å². The molecule has 0 saturated carbocycles. The molecule has 3 N–H and O–H groups in total. The minimum atomic E-state index is -3.20. The predicted molar refractivity (Wildman–Crippen MR) is 143 cm³/mol. The van der Waals surface area contributed by atoms with Crippen molar-refractivity contribution >= 4 is 50.4 Å². The number of sulfonamides is 1. The number of halogens is 2. The Bertz CT molecular complexity index is 1360.